The summed E-state index contributed by atoms with van der Waals surface area (Å²) >= 11 is 0. The second-order valence-corrected chi connectivity index (χ2v) is 5.79. The number of carbonyl (C=O) groups excluding carboxylic acids is 1. The van der Waals surface area contributed by atoms with Crippen molar-refractivity contribution in [2.75, 3.05) is 40.0 Å². The first-order chi connectivity index (χ1) is 8.41. The molecule has 0 aliphatic rings. The lowest BCUT2D eigenvalue weighted by Crippen LogP contribution is -2.43. The first kappa shape index (κ1) is 17.3. The molecular weight excluding hydrogens is 262 g/mol. The number of esters is 1. The third kappa shape index (κ3) is 4.89. The highest BCUT2D eigenvalue weighted by molar-refractivity contribution is 7.90. The third-order valence-electron chi connectivity index (χ3n) is 2.41. The molecule has 0 aliphatic carbocycles. The molecular formula is C10H21NO6S. The topological polar surface area (TPSA) is 93.1 Å². The maximum absolute atomic E-state index is 12.0. The van der Waals surface area contributed by atoms with E-state index in [0.29, 0.717) is 0 Å². The van der Waals surface area contributed by atoms with E-state index in [4.69, 9.17) is 9.84 Å². The zero-order valence-electron chi connectivity index (χ0n) is 11.0. The van der Waals surface area contributed by atoms with Gasteiger partial charge < -0.3 is 14.6 Å². The Morgan fingerprint density at radius 1 is 1.39 bits per heavy atom. The Kier molecular flexibility index (Phi) is 8.08. The fourth-order valence-corrected chi connectivity index (χ4v) is 2.78. The van der Waals surface area contributed by atoms with Gasteiger partial charge >= 0.3 is 5.97 Å². The minimum atomic E-state index is -3.73. The van der Waals surface area contributed by atoms with Crippen LogP contribution < -0.4 is 0 Å². The van der Waals surface area contributed by atoms with Crippen LogP contribution in [0.25, 0.3) is 0 Å². The summed E-state index contributed by atoms with van der Waals surface area (Å²) in [7, 11) is -2.59. The largest absolute Gasteiger partial charge is 0.468 e. The summed E-state index contributed by atoms with van der Waals surface area (Å²) in [5.41, 5.74) is 0. The number of likely N-dealkylation sites (N-methyl/N-ethyl adjacent to an activating group) is 1. The quantitative estimate of drug-likeness (QED) is 0.440. The van der Waals surface area contributed by atoms with Crippen LogP contribution in [0.1, 0.15) is 13.8 Å². The number of aliphatic hydroxyl groups excluding tert-OH is 1. The summed E-state index contributed by atoms with van der Waals surface area (Å²) in [6.45, 7) is 3.56. The van der Waals surface area contributed by atoms with Gasteiger partial charge in [0.05, 0.1) is 26.9 Å². The van der Waals surface area contributed by atoms with Gasteiger partial charge in [-0.25, -0.2) is 8.42 Å². The van der Waals surface area contributed by atoms with Crippen molar-refractivity contribution < 1.29 is 27.8 Å². The standard InChI is InChI=1S/C10H21NO6S/c1-4-11(5-7-17-8-6-12)18(14,15)9(2)10(13)16-3/h9,12H,4-8H2,1-3H3. The SMILES string of the molecule is CCN(CCOCCO)S(=O)(=O)C(C)C(=O)OC. The van der Waals surface area contributed by atoms with Gasteiger partial charge in [0.1, 0.15) is 0 Å². The van der Waals surface area contributed by atoms with Crippen molar-refractivity contribution >= 4 is 16.0 Å². The van der Waals surface area contributed by atoms with Crippen LogP contribution >= 0.6 is 0 Å². The Labute approximate surface area is 108 Å². The van der Waals surface area contributed by atoms with E-state index >= 15 is 0 Å². The molecule has 1 unspecified atom stereocenters. The molecule has 18 heavy (non-hydrogen) atoms. The minimum Gasteiger partial charge on any atom is -0.468 e. The molecule has 7 nitrogen and oxygen atoms in total. The first-order valence-electron chi connectivity index (χ1n) is 5.67. The Hall–Kier alpha value is -0.700. The number of carbonyl (C=O) groups is 1. The smallest absolute Gasteiger partial charge is 0.325 e. The summed E-state index contributed by atoms with van der Waals surface area (Å²) < 4.78 is 34.7. The zero-order valence-corrected chi connectivity index (χ0v) is 11.8. The number of methoxy groups -OCH3 is 1. The maximum atomic E-state index is 12.0. The number of hydrogen-bond donors (Lipinski definition) is 1. The highest BCUT2D eigenvalue weighted by atomic mass is 32.2. The van der Waals surface area contributed by atoms with E-state index < -0.39 is 21.2 Å². The number of ether oxygens (including phenoxy) is 2. The minimum absolute atomic E-state index is 0.114. The van der Waals surface area contributed by atoms with Gasteiger partial charge in [0.2, 0.25) is 10.0 Å². The molecule has 0 rings (SSSR count). The Bertz CT molecular complexity index is 342. The van der Waals surface area contributed by atoms with Crippen molar-refractivity contribution in [1.29, 1.82) is 0 Å². The average Bonchev–Trinajstić information content (AvgIpc) is 2.36. The van der Waals surface area contributed by atoms with Crippen LogP contribution in [0.4, 0.5) is 0 Å². The van der Waals surface area contributed by atoms with Crippen molar-refractivity contribution in [3.63, 3.8) is 0 Å². The number of hydrogen-bond acceptors (Lipinski definition) is 6. The lowest BCUT2D eigenvalue weighted by atomic mass is 10.5. The number of aliphatic hydroxyl groups is 1. The number of nitrogens with zero attached hydrogens (tertiary/aromatic N) is 1. The van der Waals surface area contributed by atoms with Gasteiger partial charge in [-0.1, -0.05) is 6.92 Å². The number of sulfonamides is 1. The van der Waals surface area contributed by atoms with Crippen molar-refractivity contribution in [3.05, 3.63) is 0 Å². The molecule has 0 aromatic heterocycles. The van der Waals surface area contributed by atoms with E-state index in [0.717, 1.165) is 11.4 Å². The molecule has 108 valence electrons. The van der Waals surface area contributed by atoms with Gasteiger partial charge in [0, 0.05) is 13.1 Å². The van der Waals surface area contributed by atoms with Crippen LogP contribution in [0.5, 0.6) is 0 Å². The van der Waals surface area contributed by atoms with E-state index in [2.05, 4.69) is 4.74 Å². The van der Waals surface area contributed by atoms with Crippen LogP contribution in [0.3, 0.4) is 0 Å². The lowest BCUT2D eigenvalue weighted by molar-refractivity contribution is -0.139. The summed E-state index contributed by atoms with van der Waals surface area (Å²) in [4.78, 5) is 11.3. The van der Waals surface area contributed by atoms with Crippen molar-refractivity contribution in [3.8, 4) is 0 Å². The lowest BCUT2D eigenvalue weighted by Gasteiger charge is -2.23. The Morgan fingerprint density at radius 2 is 2.00 bits per heavy atom. The summed E-state index contributed by atoms with van der Waals surface area (Å²) in [5.74, 6) is -0.787. The highest BCUT2D eigenvalue weighted by Crippen LogP contribution is 2.10. The molecule has 1 atom stereocenters. The molecule has 0 heterocycles. The highest BCUT2D eigenvalue weighted by Gasteiger charge is 2.33. The van der Waals surface area contributed by atoms with Crippen molar-refractivity contribution in [2.24, 2.45) is 0 Å². The van der Waals surface area contributed by atoms with Crippen LogP contribution in [-0.2, 0) is 24.3 Å². The molecule has 0 saturated carbocycles. The molecule has 0 fully saturated rings. The van der Waals surface area contributed by atoms with Crippen molar-refractivity contribution in [2.45, 2.75) is 19.1 Å². The molecule has 0 aromatic carbocycles. The molecule has 0 saturated heterocycles. The zero-order chi connectivity index (χ0) is 14.2. The van der Waals surface area contributed by atoms with Crippen LogP contribution in [0.15, 0.2) is 0 Å². The molecule has 0 spiro atoms. The van der Waals surface area contributed by atoms with Gasteiger partial charge in [-0.2, -0.15) is 4.31 Å². The predicted octanol–water partition coefficient (Wildman–Crippen LogP) is -0.791. The monoisotopic (exact) mass is 283 g/mol. The molecule has 0 radical (unpaired) electrons. The maximum Gasteiger partial charge on any atom is 0.325 e. The van der Waals surface area contributed by atoms with Gasteiger partial charge in [0.25, 0.3) is 0 Å². The fourth-order valence-electron chi connectivity index (χ4n) is 1.31. The van der Waals surface area contributed by atoms with Gasteiger partial charge in [0.15, 0.2) is 5.25 Å². The van der Waals surface area contributed by atoms with Gasteiger partial charge in [-0.3, -0.25) is 4.79 Å². The van der Waals surface area contributed by atoms with Gasteiger partial charge in [-0.05, 0) is 6.92 Å². The van der Waals surface area contributed by atoms with E-state index in [-0.39, 0.29) is 32.9 Å². The second kappa shape index (κ2) is 8.41. The van der Waals surface area contributed by atoms with Crippen molar-refractivity contribution in [1.82, 2.24) is 4.31 Å². The summed E-state index contributed by atoms with van der Waals surface area (Å²) in [6, 6.07) is 0. The van der Waals surface area contributed by atoms with E-state index in [1.54, 1.807) is 6.92 Å². The fraction of sp³-hybridized carbons (Fsp3) is 0.900. The van der Waals surface area contributed by atoms with E-state index in [1.807, 2.05) is 0 Å². The van der Waals surface area contributed by atoms with Crippen LogP contribution in [-0.4, -0.2) is 69.1 Å². The third-order valence-corrected chi connectivity index (χ3v) is 4.66. The van der Waals surface area contributed by atoms with E-state index in [9.17, 15) is 13.2 Å². The van der Waals surface area contributed by atoms with Crippen LogP contribution in [0.2, 0.25) is 0 Å². The summed E-state index contributed by atoms with van der Waals surface area (Å²) in [6.07, 6.45) is 0. The Morgan fingerprint density at radius 3 is 2.44 bits per heavy atom. The average molecular weight is 283 g/mol. The molecule has 8 heteroatoms. The first-order valence-corrected chi connectivity index (χ1v) is 7.17. The van der Waals surface area contributed by atoms with Crippen LogP contribution in [0, 0.1) is 0 Å². The van der Waals surface area contributed by atoms with Gasteiger partial charge in [-0.15, -0.1) is 0 Å². The number of rotatable bonds is 9. The molecule has 1 N–H and O–H groups in total. The second-order valence-electron chi connectivity index (χ2n) is 3.54. The predicted molar refractivity (Wildman–Crippen MR) is 65.5 cm³/mol. The normalized spacial score (nSPS) is 13.6. The molecule has 0 aromatic rings. The van der Waals surface area contributed by atoms with E-state index in [1.165, 1.54) is 6.92 Å². The molecule has 0 amide bonds. The summed E-state index contributed by atoms with van der Waals surface area (Å²) in [5, 5.41) is 7.29. The Balaban J connectivity index is 4.57. The molecule has 0 bridgehead atoms. The molecule has 0 aliphatic heterocycles.